The molecule has 1 unspecified atom stereocenters. The van der Waals surface area contributed by atoms with Gasteiger partial charge in [-0.05, 0) is 37.3 Å². The fourth-order valence-corrected chi connectivity index (χ4v) is 4.35. The topological polar surface area (TPSA) is 112 Å². The normalized spacial score (nSPS) is 16.6. The molecule has 0 radical (unpaired) electrons. The third-order valence-corrected chi connectivity index (χ3v) is 6.57. The monoisotopic (exact) mass is 539 g/mol. The molecule has 0 fully saturated rings. The number of nitrogens with one attached hydrogen (secondary N) is 1. The maximum Gasteiger partial charge on any atom is 0.318 e. The highest BCUT2D eigenvalue weighted by Crippen LogP contribution is 2.25. The Labute approximate surface area is 227 Å². The number of aromatic nitrogens is 3. The molecule has 39 heavy (non-hydrogen) atoms. The molecule has 0 bridgehead atoms. The number of carbonyl (C=O) groups excluding carboxylic acids is 2. The average molecular weight is 540 g/mol. The maximum atomic E-state index is 13.4. The Balaban J connectivity index is 0.00000205. The van der Waals surface area contributed by atoms with E-state index in [2.05, 4.69) is 10.3 Å². The first-order valence-corrected chi connectivity index (χ1v) is 12.9. The number of allylic oxidation sites excluding steroid dienone is 4. The van der Waals surface area contributed by atoms with Crippen molar-refractivity contribution in [2.45, 2.75) is 32.9 Å². The number of aromatic hydroxyl groups is 1. The standard InChI is InChI=1S/C26H29FN6O4.C2H6/c1-30-12-5-4-9-19(30)25(36)32(3)16-20-23-29-21(22(34)26(37)33(23)14-13-31(20)2)24(35)28-15-17-7-6-8-18(27)11-10-17;1-2/h4-5,7-12,20H,6,13-16H2,1-3H3,(H-,28,34,35);1-2H3/p+1. The molecule has 2 N–H and O–H groups in total. The van der Waals surface area contributed by atoms with E-state index in [1.807, 2.05) is 31.9 Å². The summed E-state index contributed by atoms with van der Waals surface area (Å²) in [6, 6.07) is 4.85. The lowest BCUT2D eigenvalue weighted by molar-refractivity contribution is -0.673. The number of halogens is 1. The number of hydrogen-bond donors (Lipinski definition) is 2. The van der Waals surface area contributed by atoms with E-state index in [0.29, 0.717) is 30.1 Å². The lowest BCUT2D eigenvalue weighted by Crippen LogP contribution is -2.48. The summed E-state index contributed by atoms with van der Waals surface area (Å²) < 4.78 is 16.5. The van der Waals surface area contributed by atoms with Crippen molar-refractivity contribution in [3.8, 4) is 5.75 Å². The van der Waals surface area contributed by atoms with Gasteiger partial charge in [-0.3, -0.25) is 23.9 Å². The molecule has 2 aliphatic rings. The minimum absolute atomic E-state index is 0.0741. The third-order valence-electron chi connectivity index (χ3n) is 6.57. The number of rotatable bonds is 6. The number of nitrogens with zero attached hydrogens (tertiary/aromatic N) is 5. The molecule has 10 nitrogen and oxygen atoms in total. The molecule has 3 heterocycles. The number of pyridine rings is 1. The molecule has 0 saturated carbocycles. The summed E-state index contributed by atoms with van der Waals surface area (Å²) >= 11 is 0. The minimum Gasteiger partial charge on any atom is -0.501 e. The van der Waals surface area contributed by atoms with Gasteiger partial charge in [0.2, 0.25) is 5.75 Å². The molecule has 0 aromatic carbocycles. The molecule has 2 aromatic rings. The van der Waals surface area contributed by atoms with Gasteiger partial charge in [-0.15, -0.1) is 0 Å². The fourth-order valence-electron chi connectivity index (χ4n) is 4.35. The van der Waals surface area contributed by atoms with Crippen molar-refractivity contribution in [2.75, 3.05) is 33.7 Å². The van der Waals surface area contributed by atoms with Gasteiger partial charge in [0.1, 0.15) is 18.7 Å². The van der Waals surface area contributed by atoms with Crippen LogP contribution in [0.5, 0.6) is 5.75 Å². The predicted molar refractivity (Wildman–Crippen MR) is 145 cm³/mol. The van der Waals surface area contributed by atoms with Gasteiger partial charge < -0.3 is 15.3 Å². The van der Waals surface area contributed by atoms with E-state index in [1.165, 1.54) is 16.7 Å². The second-order valence-electron chi connectivity index (χ2n) is 9.12. The molecule has 1 atom stereocenters. The van der Waals surface area contributed by atoms with Gasteiger partial charge in [0.05, 0.1) is 6.04 Å². The first-order valence-electron chi connectivity index (χ1n) is 12.9. The second-order valence-corrected chi connectivity index (χ2v) is 9.12. The highest BCUT2D eigenvalue weighted by atomic mass is 19.1. The third kappa shape index (κ3) is 6.66. The SMILES string of the molecule is CC.CN(CC1c2nc(C(=O)NCC3=CCC=C(F)C=C3)c(O)c(=O)n2CCN1C)C(=O)c1cccc[n+]1C. The molecule has 208 valence electrons. The van der Waals surface area contributed by atoms with E-state index < -0.39 is 23.3 Å². The Bertz CT molecular complexity index is 1380. The summed E-state index contributed by atoms with van der Waals surface area (Å²) in [7, 11) is 5.30. The largest absolute Gasteiger partial charge is 0.501 e. The number of fused-ring (bicyclic) bond motifs is 1. The van der Waals surface area contributed by atoms with Crippen LogP contribution >= 0.6 is 0 Å². The predicted octanol–water partition coefficient (Wildman–Crippen LogP) is 2.03. The number of likely N-dealkylation sites (N-methyl/N-ethyl adjacent to an activating group) is 2. The summed E-state index contributed by atoms with van der Waals surface area (Å²) in [5.41, 5.74) is 0.0776. The molecule has 0 saturated heterocycles. The molecule has 2 aromatic heterocycles. The van der Waals surface area contributed by atoms with E-state index >= 15 is 0 Å². The van der Waals surface area contributed by atoms with Gasteiger partial charge in [-0.25, -0.2) is 9.37 Å². The molecule has 11 heteroatoms. The van der Waals surface area contributed by atoms with E-state index in [9.17, 15) is 23.9 Å². The summed E-state index contributed by atoms with van der Waals surface area (Å²) in [6.07, 6.45) is 8.21. The van der Waals surface area contributed by atoms with Crippen molar-refractivity contribution in [3.63, 3.8) is 0 Å². The summed E-state index contributed by atoms with van der Waals surface area (Å²) in [6.45, 7) is 5.06. The summed E-state index contributed by atoms with van der Waals surface area (Å²) in [5.74, 6) is -1.73. The van der Waals surface area contributed by atoms with Crippen LogP contribution in [0.1, 0.15) is 53.1 Å². The highest BCUT2D eigenvalue weighted by molar-refractivity contribution is 5.95. The van der Waals surface area contributed by atoms with Crippen LogP contribution in [0.25, 0.3) is 0 Å². The van der Waals surface area contributed by atoms with Crippen molar-refractivity contribution < 1.29 is 23.7 Å². The van der Waals surface area contributed by atoms with Crippen LogP contribution in [0.15, 0.2) is 64.9 Å². The Morgan fingerprint density at radius 1 is 1.23 bits per heavy atom. The van der Waals surface area contributed by atoms with Gasteiger partial charge in [0, 0.05) is 45.4 Å². The Hall–Kier alpha value is -4.12. The smallest absolute Gasteiger partial charge is 0.318 e. The summed E-state index contributed by atoms with van der Waals surface area (Å²) in [4.78, 5) is 46.9. The Morgan fingerprint density at radius 3 is 2.69 bits per heavy atom. The maximum absolute atomic E-state index is 13.4. The first kappa shape index (κ1) is 29.4. The van der Waals surface area contributed by atoms with Crippen LogP contribution in [0, 0.1) is 0 Å². The first-order chi connectivity index (χ1) is 18.7. The van der Waals surface area contributed by atoms with Gasteiger partial charge >= 0.3 is 5.91 Å². The van der Waals surface area contributed by atoms with Crippen molar-refractivity contribution in [1.29, 1.82) is 0 Å². The van der Waals surface area contributed by atoms with E-state index in [0.717, 1.165) is 0 Å². The average Bonchev–Trinajstić information content (AvgIpc) is 3.15. The zero-order valence-corrected chi connectivity index (χ0v) is 23.0. The molecule has 2 amide bonds. The molecule has 1 aliphatic heterocycles. The number of aryl methyl sites for hydroxylation is 1. The zero-order valence-electron chi connectivity index (χ0n) is 23.0. The fraction of sp³-hybridized carbons (Fsp3) is 0.393. The van der Waals surface area contributed by atoms with Gasteiger partial charge in [-0.2, -0.15) is 4.57 Å². The van der Waals surface area contributed by atoms with Gasteiger partial charge in [-0.1, -0.05) is 26.0 Å². The number of hydrogen-bond acceptors (Lipinski definition) is 6. The quantitative estimate of drug-likeness (QED) is 0.544. The molecular formula is C28H36FN6O4+. The Morgan fingerprint density at radius 2 is 1.97 bits per heavy atom. The Kier molecular flexibility index (Phi) is 9.89. The van der Waals surface area contributed by atoms with Crippen LogP contribution in [0.3, 0.4) is 0 Å². The van der Waals surface area contributed by atoms with E-state index in [4.69, 9.17) is 0 Å². The zero-order chi connectivity index (χ0) is 28.7. The molecule has 1 aliphatic carbocycles. The van der Waals surface area contributed by atoms with Gasteiger partial charge in [0.15, 0.2) is 11.9 Å². The van der Waals surface area contributed by atoms with Crippen molar-refractivity contribution in [3.05, 3.63) is 87.7 Å². The highest BCUT2D eigenvalue weighted by Gasteiger charge is 2.33. The van der Waals surface area contributed by atoms with Crippen LogP contribution in [-0.4, -0.2) is 70.0 Å². The van der Waals surface area contributed by atoms with Crippen molar-refractivity contribution >= 4 is 11.8 Å². The summed E-state index contributed by atoms with van der Waals surface area (Å²) in [5, 5.41) is 13.2. The van der Waals surface area contributed by atoms with E-state index in [1.54, 1.807) is 54.0 Å². The van der Waals surface area contributed by atoms with Crippen LogP contribution in [0.2, 0.25) is 0 Å². The molecule has 0 spiro atoms. The van der Waals surface area contributed by atoms with Crippen LogP contribution in [-0.2, 0) is 13.6 Å². The lowest BCUT2D eigenvalue weighted by atomic mass is 10.1. The van der Waals surface area contributed by atoms with Gasteiger partial charge in [0.25, 0.3) is 17.2 Å². The lowest BCUT2D eigenvalue weighted by Gasteiger charge is -2.36. The minimum atomic E-state index is -0.733. The second kappa shape index (κ2) is 13.1. The number of amides is 2. The molecular weight excluding hydrogens is 503 g/mol. The van der Waals surface area contributed by atoms with Crippen LogP contribution < -0.4 is 15.4 Å². The van der Waals surface area contributed by atoms with Crippen molar-refractivity contribution in [1.82, 2.24) is 24.7 Å². The number of carbonyl (C=O) groups is 2. The van der Waals surface area contributed by atoms with Crippen LogP contribution in [0.4, 0.5) is 4.39 Å². The van der Waals surface area contributed by atoms with Crippen molar-refractivity contribution in [2.24, 2.45) is 7.05 Å². The van der Waals surface area contributed by atoms with E-state index in [-0.39, 0.29) is 37.1 Å². The molecule has 4 rings (SSSR count).